The summed E-state index contributed by atoms with van der Waals surface area (Å²) in [5.74, 6) is 0.698. The van der Waals surface area contributed by atoms with Gasteiger partial charge in [0.25, 0.3) is 0 Å². The molecule has 0 aliphatic carbocycles. The fraction of sp³-hybridized carbons (Fsp3) is 0.200. The van der Waals surface area contributed by atoms with Gasteiger partial charge in [-0.05, 0) is 43.7 Å². The first-order valence-corrected chi connectivity index (χ1v) is 10.5. The lowest BCUT2D eigenvalue weighted by Crippen LogP contribution is -2.02. The average Bonchev–Trinajstić information content (AvgIpc) is 3.16. The van der Waals surface area contributed by atoms with Crippen molar-refractivity contribution in [3.8, 4) is 11.4 Å². The number of aromatic nitrogens is 4. The number of benzene rings is 2. The largest absolute Gasteiger partial charge is 0.335 e. The van der Waals surface area contributed by atoms with Gasteiger partial charge in [0.2, 0.25) is 0 Å². The van der Waals surface area contributed by atoms with Crippen molar-refractivity contribution in [1.29, 1.82) is 0 Å². The van der Waals surface area contributed by atoms with Crippen LogP contribution in [-0.4, -0.2) is 34.4 Å². The molecule has 0 radical (unpaired) electrons. The second kappa shape index (κ2) is 6.35. The molecule has 2 heterocycles. The third-order valence-electron chi connectivity index (χ3n) is 4.53. The molecule has 0 amide bonds. The van der Waals surface area contributed by atoms with Gasteiger partial charge >= 0.3 is 0 Å². The van der Waals surface area contributed by atoms with Crippen molar-refractivity contribution in [2.24, 2.45) is 0 Å². The Morgan fingerprint density at radius 1 is 1.07 bits per heavy atom. The van der Waals surface area contributed by atoms with Gasteiger partial charge in [-0.1, -0.05) is 29.8 Å². The zero-order valence-electron chi connectivity index (χ0n) is 15.4. The number of aryl methyl sites for hydroxylation is 2. The van der Waals surface area contributed by atoms with E-state index in [1.807, 2.05) is 17.7 Å². The van der Waals surface area contributed by atoms with Crippen LogP contribution in [0, 0.1) is 13.8 Å². The van der Waals surface area contributed by atoms with E-state index >= 15 is 0 Å². The fourth-order valence-electron chi connectivity index (χ4n) is 3.17. The first-order valence-electron chi connectivity index (χ1n) is 8.60. The highest BCUT2D eigenvalue weighted by Crippen LogP contribution is 2.24. The highest BCUT2D eigenvalue weighted by Gasteiger charge is 2.15. The summed E-state index contributed by atoms with van der Waals surface area (Å²) in [6.07, 6.45) is 1.20. The molecule has 0 aliphatic heterocycles. The number of hydrogen-bond acceptors (Lipinski definition) is 4. The number of nitrogens with one attached hydrogen (secondary N) is 1. The number of hydrogen-bond donors (Lipinski definition) is 1. The summed E-state index contributed by atoms with van der Waals surface area (Å²) in [7, 11) is -3.21. The van der Waals surface area contributed by atoms with Crippen molar-refractivity contribution in [2.45, 2.75) is 25.3 Å². The number of nitrogens with zero attached hydrogens (tertiary/aromatic N) is 3. The van der Waals surface area contributed by atoms with Crippen molar-refractivity contribution in [1.82, 2.24) is 19.7 Å². The normalized spacial score (nSPS) is 12.0. The molecule has 4 rings (SSSR count). The molecule has 1 N–H and O–H groups in total. The van der Waals surface area contributed by atoms with Crippen LogP contribution in [0.3, 0.4) is 0 Å². The van der Waals surface area contributed by atoms with E-state index in [-0.39, 0.29) is 0 Å². The highest BCUT2D eigenvalue weighted by atomic mass is 32.2. The summed E-state index contributed by atoms with van der Waals surface area (Å²) < 4.78 is 25.2. The number of imidazole rings is 1. The topological polar surface area (TPSA) is 80.6 Å². The Morgan fingerprint density at radius 2 is 1.81 bits per heavy atom. The van der Waals surface area contributed by atoms with Gasteiger partial charge in [0.15, 0.2) is 15.5 Å². The second-order valence-corrected chi connectivity index (χ2v) is 8.83. The maximum absolute atomic E-state index is 11.6. The maximum atomic E-state index is 11.6. The monoisotopic (exact) mass is 380 g/mol. The van der Waals surface area contributed by atoms with E-state index in [0.29, 0.717) is 17.3 Å². The number of fused-ring (bicyclic) bond motifs is 1. The summed E-state index contributed by atoms with van der Waals surface area (Å²) >= 11 is 0. The van der Waals surface area contributed by atoms with Gasteiger partial charge in [0.1, 0.15) is 11.3 Å². The number of sulfone groups is 1. The molecule has 0 unspecified atom stereocenters. The molecule has 2 aromatic heterocycles. The number of aromatic amines is 1. The molecule has 0 aliphatic rings. The quantitative estimate of drug-likeness (QED) is 0.588. The molecule has 138 valence electrons. The van der Waals surface area contributed by atoms with E-state index in [1.54, 1.807) is 24.3 Å². The SMILES string of the molecule is Cc1cccc(Cn2nc(C)c3[nH]c(-c4ccc(S(C)(=O)=O)cc4)nc32)c1. The van der Waals surface area contributed by atoms with Crippen molar-refractivity contribution < 1.29 is 8.42 Å². The molecule has 0 saturated heterocycles. The van der Waals surface area contributed by atoms with Gasteiger partial charge in [0.05, 0.1) is 17.1 Å². The molecular formula is C20H20N4O2S. The number of H-pyrrole nitrogens is 1. The van der Waals surface area contributed by atoms with Crippen LogP contribution in [-0.2, 0) is 16.4 Å². The molecule has 0 atom stereocenters. The summed E-state index contributed by atoms with van der Waals surface area (Å²) in [6, 6.07) is 15.1. The van der Waals surface area contributed by atoms with Crippen molar-refractivity contribution in [3.05, 3.63) is 65.4 Å². The summed E-state index contributed by atoms with van der Waals surface area (Å²) in [6.45, 7) is 4.66. The third kappa shape index (κ3) is 3.38. The first-order chi connectivity index (χ1) is 12.8. The van der Waals surface area contributed by atoms with Gasteiger partial charge in [-0.25, -0.2) is 18.1 Å². The predicted molar refractivity (Wildman–Crippen MR) is 105 cm³/mol. The van der Waals surface area contributed by atoms with E-state index in [4.69, 9.17) is 4.98 Å². The van der Waals surface area contributed by atoms with Crippen molar-refractivity contribution in [2.75, 3.05) is 6.26 Å². The standard InChI is InChI=1S/C20H20N4O2S/c1-13-5-4-6-15(11-13)12-24-20-18(14(2)23-24)21-19(22-20)16-7-9-17(10-8-16)27(3,25)26/h4-11H,12H2,1-3H3,(H,21,22). The molecule has 0 bridgehead atoms. The lowest BCUT2D eigenvalue weighted by molar-refractivity contribution is 0.602. The Hall–Kier alpha value is -2.93. The van der Waals surface area contributed by atoms with Gasteiger partial charge in [-0.15, -0.1) is 0 Å². The second-order valence-electron chi connectivity index (χ2n) is 6.81. The maximum Gasteiger partial charge on any atom is 0.177 e. The molecular weight excluding hydrogens is 360 g/mol. The molecule has 6 nitrogen and oxygen atoms in total. The van der Waals surface area contributed by atoms with Crippen LogP contribution in [0.15, 0.2) is 53.4 Å². The summed E-state index contributed by atoms with van der Waals surface area (Å²) in [5.41, 5.74) is 5.77. The van der Waals surface area contributed by atoms with Crippen LogP contribution in [0.1, 0.15) is 16.8 Å². The molecule has 7 heteroatoms. The lowest BCUT2D eigenvalue weighted by atomic mass is 10.1. The van der Waals surface area contributed by atoms with E-state index in [1.165, 1.54) is 17.4 Å². The van der Waals surface area contributed by atoms with Gasteiger partial charge < -0.3 is 4.98 Å². The molecule has 0 saturated carbocycles. The van der Waals surface area contributed by atoms with Crippen LogP contribution >= 0.6 is 0 Å². The first kappa shape index (κ1) is 17.5. The highest BCUT2D eigenvalue weighted by molar-refractivity contribution is 7.90. The zero-order valence-corrected chi connectivity index (χ0v) is 16.2. The Kier molecular flexibility index (Phi) is 4.11. The van der Waals surface area contributed by atoms with E-state index in [9.17, 15) is 8.42 Å². The van der Waals surface area contributed by atoms with Gasteiger partial charge in [-0.3, -0.25) is 0 Å². The fourth-order valence-corrected chi connectivity index (χ4v) is 3.80. The van der Waals surface area contributed by atoms with Crippen molar-refractivity contribution >= 4 is 21.0 Å². The Labute approximate surface area is 157 Å². The molecule has 27 heavy (non-hydrogen) atoms. The smallest absolute Gasteiger partial charge is 0.177 e. The summed E-state index contributed by atoms with van der Waals surface area (Å²) in [4.78, 5) is 8.32. The summed E-state index contributed by atoms with van der Waals surface area (Å²) in [5, 5.41) is 4.60. The van der Waals surface area contributed by atoms with Crippen LogP contribution in [0.25, 0.3) is 22.6 Å². The Balaban J connectivity index is 1.72. The van der Waals surface area contributed by atoms with Gasteiger partial charge in [-0.2, -0.15) is 5.10 Å². The molecule has 0 fully saturated rings. The van der Waals surface area contributed by atoms with Crippen LogP contribution in [0.4, 0.5) is 0 Å². The minimum Gasteiger partial charge on any atom is -0.335 e. The molecule has 0 spiro atoms. The minimum atomic E-state index is -3.21. The van der Waals surface area contributed by atoms with Gasteiger partial charge in [0, 0.05) is 11.8 Å². The zero-order chi connectivity index (χ0) is 19.2. The lowest BCUT2D eigenvalue weighted by Gasteiger charge is -2.04. The number of rotatable bonds is 4. The minimum absolute atomic E-state index is 0.296. The van der Waals surface area contributed by atoms with Crippen molar-refractivity contribution in [3.63, 3.8) is 0 Å². The third-order valence-corrected chi connectivity index (χ3v) is 5.66. The molecule has 4 aromatic rings. The van der Waals surface area contributed by atoms with Crippen LogP contribution in [0.5, 0.6) is 0 Å². The molecule has 2 aromatic carbocycles. The van der Waals surface area contributed by atoms with E-state index in [0.717, 1.165) is 22.4 Å². The Bertz CT molecular complexity index is 1230. The predicted octanol–water partition coefficient (Wildman–Crippen LogP) is 3.50. The van der Waals surface area contributed by atoms with E-state index in [2.05, 4.69) is 35.2 Å². The van der Waals surface area contributed by atoms with E-state index < -0.39 is 9.84 Å². The average molecular weight is 380 g/mol. The Morgan fingerprint density at radius 3 is 2.48 bits per heavy atom. The van der Waals surface area contributed by atoms with Crippen LogP contribution < -0.4 is 0 Å². The van der Waals surface area contributed by atoms with Crippen LogP contribution in [0.2, 0.25) is 0 Å².